The number of para-hydroxylation sites is 3. The molecule has 3 aromatic heterocycles. The number of hydrogen-bond acceptors (Lipinski definition) is 3. The first-order valence-electron chi connectivity index (χ1n) is 25.9. The largest absolute Gasteiger partial charge is 0.456 e. The Morgan fingerprint density at radius 2 is 1.05 bits per heavy atom. The molecule has 0 amide bonds. The molecule has 0 saturated carbocycles. The van der Waals surface area contributed by atoms with Gasteiger partial charge in [-0.1, -0.05) is 183 Å². The van der Waals surface area contributed by atoms with Gasteiger partial charge in [-0.15, -0.1) is 0 Å². The number of aliphatic imine (C=N–C) groups is 1. The molecule has 350 valence electrons. The van der Waals surface area contributed by atoms with Crippen LogP contribution in [-0.4, -0.2) is 10.3 Å². The topological polar surface area (TPSA) is 43.6 Å². The fourth-order valence-corrected chi connectivity index (χ4v) is 12.4. The van der Waals surface area contributed by atoms with Gasteiger partial charge in [0.2, 0.25) is 0 Å². The summed E-state index contributed by atoms with van der Waals surface area (Å²) in [4.78, 5) is 5.70. The zero-order valence-corrected chi connectivity index (χ0v) is 40.7. The summed E-state index contributed by atoms with van der Waals surface area (Å²) in [5, 5.41) is 7.11. The van der Waals surface area contributed by atoms with Crippen molar-refractivity contribution in [2.45, 2.75) is 44.6 Å². The summed E-state index contributed by atoms with van der Waals surface area (Å²) in [5.41, 5.74) is 19.2. The molecular weight excluding hydrogens is 889 g/mol. The summed E-state index contributed by atoms with van der Waals surface area (Å²) in [6.07, 6.45) is 4.10. The minimum atomic E-state index is 0.0318. The molecular formula is C69H52N2O2. The van der Waals surface area contributed by atoms with Gasteiger partial charge in [0.15, 0.2) is 0 Å². The molecule has 13 aromatic rings. The van der Waals surface area contributed by atoms with Crippen LogP contribution in [0.1, 0.15) is 61.3 Å². The van der Waals surface area contributed by atoms with E-state index in [-0.39, 0.29) is 6.04 Å². The third-order valence-corrected chi connectivity index (χ3v) is 15.8. The molecule has 3 atom stereocenters. The SMILES string of the molecule is CCC1C(c2cccc3oc4ccc(-c5ccc6c(c5)c5cc(-c7ccc(-c8cccc9c8oc8ccccc89)cc7)ccc5n6-c5ccccc5)cc4c23)CCCC(c2ccccc2)=NC1c1ccccc1. The van der Waals surface area contributed by atoms with Crippen LogP contribution >= 0.6 is 0 Å². The van der Waals surface area contributed by atoms with Crippen molar-refractivity contribution in [2.75, 3.05) is 0 Å². The summed E-state index contributed by atoms with van der Waals surface area (Å²) in [6.45, 7) is 2.35. The lowest BCUT2D eigenvalue weighted by Gasteiger charge is -2.35. The van der Waals surface area contributed by atoms with Crippen LogP contribution in [0.4, 0.5) is 0 Å². The molecule has 0 spiro atoms. The first-order chi connectivity index (χ1) is 36.1. The molecule has 4 nitrogen and oxygen atoms in total. The Kier molecular flexibility index (Phi) is 10.5. The molecule has 0 bridgehead atoms. The molecule has 0 saturated heterocycles. The van der Waals surface area contributed by atoms with Crippen LogP contribution in [0.15, 0.2) is 244 Å². The van der Waals surface area contributed by atoms with E-state index in [1.165, 1.54) is 77.2 Å². The van der Waals surface area contributed by atoms with E-state index in [1.807, 2.05) is 12.1 Å². The van der Waals surface area contributed by atoms with Gasteiger partial charge in [0, 0.05) is 49.3 Å². The number of nitrogens with zero attached hydrogens (tertiary/aromatic N) is 2. The number of rotatable bonds is 8. The smallest absolute Gasteiger partial charge is 0.143 e. The van der Waals surface area contributed by atoms with Crippen LogP contribution in [0, 0.1) is 5.92 Å². The van der Waals surface area contributed by atoms with Crippen molar-refractivity contribution < 1.29 is 8.83 Å². The van der Waals surface area contributed by atoms with Gasteiger partial charge >= 0.3 is 0 Å². The number of hydrogen-bond donors (Lipinski definition) is 0. The number of fused-ring (bicyclic) bond motifs is 9. The molecule has 3 unspecified atom stereocenters. The summed E-state index contributed by atoms with van der Waals surface area (Å²) in [6, 6.07) is 83.7. The Morgan fingerprint density at radius 3 is 1.81 bits per heavy atom. The molecule has 4 heteroatoms. The van der Waals surface area contributed by atoms with Gasteiger partial charge in [0.1, 0.15) is 22.3 Å². The van der Waals surface area contributed by atoms with E-state index in [9.17, 15) is 0 Å². The average molecular weight is 941 g/mol. The highest BCUT2D eigenvalue weighted by Gasteiger charge is 2.34. The molecule has 10 aromatic carbocycles. The summed E-state index contributed by atoms with van der Waals surface area (Å²) in [5.74, 6) is 0.589. The van der Waals surface area contributed by atoms with Crippen LogP contribution in [0.5, 0.6) is 0 Å². The van der Waals surface area contributed by atoms with Gasteiger partial charge in [-0.2, -0.15) is 0 Å². The van der Waals surface area contributed by atoms with Crippen molar-refractivity contribution in [2.24, 2.45) is 10.9 Å². The van der Waals surface area contributed by atoms with Crippen LogP contribution in [0.2, 0.25) is 0 Å². The van der Waals surface area contributed by atoms with Crippen molar-refractivity contribution in [3.8, 4) is 39.1 Å². The van der Waals surface area contributed by atoms with Gasteiger partial charge in [-0.25, -0.2) is 0 Å². The summed E-state index contributed by atoms with van der Waals surface area (Å²) < 4.78 is 15.6. The maximum Gasteiger partial charge on any atom is 0.143 e. The molecule has 14 rings (SSSR count). The number of aromatic nitrogens is 1. The van der Waals surface area contributed by atoms with Crippen molar-refractivity contribution in [1.82, 2.24) is 4.57 Å². The van der Waals surface area contributed by atoms with E-state index >= 15 is 0 Å². The van der Waals surface area contributed by atoms with Crippen LogP contribution in [0.3, 0.4) is 0 Å². The van der Waals surface area contributed by atoms with Crippen molar-refractivity contribution >= 4 is 71.4 Å². The first kappa shape index (κ1) is 43.1. The standard InChI is InChI=1S/C69H52N2O2/c1-2-52-54(25-15-28-61(46-17-6-3-7-18-46)70-68(52)47-19-8-4-9-20-47)56-26-16-30-66-67(56)60-43-50(37-40-65(60)72-66)49-36-39-63-59(42-49)58-41-48(35-38-62(58)71(63)51-21-10-5-11-22-51)44-31-33-45(34-32-44)53-24-14-27-57-55-23-12-13-29-64(55)73-69(53)57/h3-14,16-24,26-27,29-43,52,54,68H,2,15,25,28H2,1H3. The van der Waals surface area contributed by atoms with Crippen LogP contribution in [0.25, 0.3) is 105 Å². The third-order valence-electron chi connectivity index (χ3n) is 15.8. The lowest BCUT2D eigenvalue weighted by Crippen LogP contribution is -2.23. The van der Waals surface area contributed by atoms with Crippen LogP contribution < -0.4 is 0 Å². The van der Waals surface area contributed by atoms with E-state index in [1.54, 1.807) is 0 Å². The van der Waals surface area contributed by atoms with E-state index < -0.39 is 0 Å². The molecule has 0 fully saturated rings. The number of benzene rings is 10. The fraction of sp³-hybridized carbons (Fsp3) is 0.116. The fourth-order valence-electron chi connectivity index (χ4n) is 12.4. The molecule has 0 N–H and O–H groups in total. The van der Waals surface area contributed by atoms with Crippen molar-refractivity contribution in [3.05, 3.63) is 247 Å². The first-order valence-corrected chi connectivity index (χ1v) is 25.9. The second-order valence-electron chi connectivity index (χ2n) is 19.9. The maximum absolute atomic E-state index is 6.75. The predicted molar refractivity (Wildman–Crippen MR) is 304 cm³/mol. The molecule has 0 aliphatic carbocycles. The van der Waals surface area contributed by atoms with E-state index in [2.05, 4.69) is 230 Å². The quantitative estimate of drug-likeness (QED) is 0.152. The minimum Gasteiger partial charge on any atom is -0.456 e. The second-order valence-corrected chi connectivity index (χ2v) is 19.9. The normalized spacial score (nSPS) is 16.4. The molecule has 1 aliphatic heterocycles. The molecule has 1 aliphatic rings. The van der Waals surface area contributed by atoms with Crippen molar-refractivity contribution in [3.63, 3.8) is 0 Å². The number of furan rings is 2. The van der Waals surface area contributed by atoms with E-state index in [4.69, 9.17) is 13.8 Å². The Bertz CT molecular complexity index is 4220. The highest BCUT2D eigenvalue weighted by molar-refractivity contribution is 6.13. The highest BCUT2D eigenvalue weighted by Crippen LogP contribution is 2.48. The molecule has 0 radical (unpaired) electrons. The molecule has 4 heterocycles. The van der Waals surface area contributed by atoms with Crippen LogP contribution in [-0.2, 0) is 0 Å². The Morgan fingerprint density at radius 1 is 0.466 bits per heavy atom. The maximum atomic E-state index is 6.75. The third kappa shape index (κ3) is 7.39. The zero-order valence-electron chi connectivity index (χ0n) is 40.7. The van der Waals surface area contributed by atoms with E-state index in [0.29, 0.717) is 11.8 Å². The van der Waals surface area contributed by atoms with Gasteiger partial charge in [0.05, 0.1) is 17.1 Å². The summed E-state index contributed by atoms with van der Waals surface area (Å²) in [7, 11) is 0. The highest BCUT2D eigenvalue weighted by atomic mass is 16.3. The lowest BCUT2D eigenvalue weighted by molar-refractivity contribution is 0.323. The Labute approximate surface area is 424 Å². The summed E-state index contributed by atoms with van der Waals surface area (Å²) >= 11 is 0. The Balaban J connectivity index is 0.870. The average Bonchev–Trinajstić information content (AvgIpc) is 4.15. The van der Waals surface area contributed by atoms with Crippen molar-refractivity contribution in [1.29, 1.82) is 0 Å². The monoisotopic (exact) mass is 940 g/mol. The zero-order chi connectivity index (χ0) is 48.4. The van der Waals surface area contributed by atoms with Gasteiger partial charge in [0.25, 0.3) is 0 Å². The lowest BCUT2D eigenvalue weighted by atomic mass is 9.73. The van der Waals surface area contributed by atoms with Gasteiger partial charge < -0.3 is 13.4 Å². The predicted octanol–water partition coefficient (Wildman–Crippen LogP) is 19.1. The van der Waals surface area contributed by atoms with E-state index in [0.717, 1.165) is 75.6 Å². The minimum absolute atomic E-state index is 0.0318. The second kappa shape index (κ2) is 17.8. The Hall–Kier alpha value is -8.73. The molecule has 73 heavy (non-hydrogen) atoms. The van der Waals surface area contributed by atoms with Gasteiger partial charge in [-0.3, -0.25) is 4.99 Å². The van der Waals surface area contributed by atoms with Gasteiger partial charge in [-0.05, 0) is 136 Å².